The molecule has 0 amide bonds. The quantitative estimate of drug-likeness (QED) is 0.0230. The lowest BCUT2D eigenvalue weighted by atomic mass is 9.75. The number of carbonyl (C=O) groups is 3. The van der Waals surface area contributed by atoms with Crippen molar-refractivity contribution in [3.05, 3.63) is 103 Å². The monoisotopic (exact) mass is 1060 g/mol. The number of aromatic nitrogens is 2. The van der Waals surface area contributed by atoms with Gasteiger partial charge >= 0.3 is 17.9 Å². The molecule has 20 heteroatoms. The number of nitriles is 2. The van der Waals surface area contributed by atoms with E-state index in [2.05, 4.69) is 62.0 Å². The average Bonchev–Trinajstić information content (AvgIpc) is 3.39. The van der Waals surface area contributed by atoms with E-state index in [9.17, 15) is 49.8 Å². The van der Waals surface area contributed by atoms with Crippen LogP contribution in [0, 0.1) is 72.0 Å². The summed E-state index contributed by atoms with van der Waals surface area (Å²) in [6.45, 7) is 14.9. The number of pyridine rings is 2. The van der Waals surface area contributed by atoms with E-state index in [4.69, 9.17) is 18.9 Å². The van der Waals surface area contributed by atoms with Gasteiger partial charge in [0.15, 0.2) is 29.4 Å². The Labute approximate surface area is 448 Å². The minimum absolute atomic E-state index is 0.0193. The van der Waals surface area contributed by atoms with Gasteiger partial charge in [-0.25, -0.2) is 9.59 Å². The topological polar surface area (TPSA) is 290 Å². The number of nitrogens with zero attached hydrogens (tertiary/aromatic N) is 8. The third-order valence-electron chi connectivity index (χ3n) is 14.7. The highest BCUT2D eigenvalue weighted by molar-refractivity contribution is 5.95. The zero-order chi connectivity index (χ0) is 56.1. The predicted octanol–water partition coefficient (Wildman–Crippen LogP) is 10.6. The van der Waals surface area contributed by atoms with Crippen LogP contribution in [0.2, 0.25) is 0 Å². The van der Waals surface area contributed by atoms with Crippen LogP contribution in [0.1, 0.15) is 142 Å². The number of rotatable bonds is 21. The van der Waals surface area contributed by atoms with Crippen LogP contribution in [0.5, 0.6) is 11.8 Å². The van der Waals surface area contributed by atoms with E-state index in [1.807, 2.05) is 12.1 Å². The molecule has 4 aromatic rings. The number of azo groups is 2. The molecule has 0 bridgehead atoms. The third kappa shape index (κ3) is 14.5. The predicted molar refractivity (Wildman–Crippen MR) is 283 cm³/mol. The first-order chi connectivity index (χ1) is 36.7. The van der Waals surface area contributed by atoms with E-state index in [1.54, 1.807) is 48.5 Å². The standard InChI is InChI=1S/C57H70N8O12/c1-32(2)38-21-19-34(5)27-46(38)76-56(72)40-15-9-11-17-44(40)60-62-50-42(30-58)36(7)52(68)64(54(50)70)23-13-25-74-48(66)29-49(67)75-26-14-24-65-53(69)37(8)43(31-59)51(55(65)71)63-61-45-18-12-10-16-41(45)57(73)77-47-28-35(6)20-22-39(47)33(3)4/h9-12,15-18,32-35,38-39,46-48,66,68-69H,13-14,19-29H2,1-8H3. The molecule has 0 saturated heterocycles. The van der Waals surface area contributed by atoms with Crippen molar-refractivity contribution in [2.75, 3.05) is 13.2 Å². The van der Waals surface area contributed by atoms with Crippen LogP contribution in [0.15, 0.2) is 78.6 Å². The number of ether oxygens (including phenoxy) is 4. The summed E-state index contributed by atoms with van der Waals surface area (Å²) in [6.07, 6.45) is 2.82. The molecule has 0 aliphatic heterocycles. The van der Waals surface area contributed by atoms with Crippen molar-refractivity contribution in [1.82, 2.24) is 9.13 Å². The summed E-state index contributed by atoms with van der Waals surface area (Å²) >= 11 is 0. The molecule has 2 aliphatic carbocycles. The molecule has 7 unspecified atom stereocenters. The minimum atomic E-state index is -1.62. The fourth-order valence-corrected chi connectivity index (χ4v) is 10.2. The molecule has 2 aromatic heterocycles. The van der Waals surface area contributed by atoms with E-state index in [-0.39, 0.29) is 119 Å². The Balaban J connectivity index is 1.02. The maximum absolute atomic E-state index is 13.7. The van der Waals surface area contributed by atoms with Crippen molar-refractivity contribution < 1.29 is 48.7 Å². The van der Waals surface area contributed by atoms with E-state index in [0.29, 0.717) is 23.7 Å². The zero-order valence-corrected chi connectivity index (χ0v) is 45.1. The van der Waals surface area contributed by atoms with Crippen molar-refractivity contribution >= 4 is 40.7 Å². The Bertz CT molecular complexity index is 3060. The van der Waals surface area contributed by atoms with Gasteiger partial charge in [-0.05, 0) is 112 Å². The van der Waals surface area contributed by atoms with Gasteiger partial charge in [-0.15, -0.1) is 20.5 Å². The van der Waals surface area contributed by atoms with Gasteiger partial charge < -0.3 is 34.3 Å². The molecule has 2 aromatic carbocycles. The van der Waals surface area contributed by atoms with Crippen LogP contribution in [0.4, 0.5) is 22.7 Å². The van der Waals surface area contributed by atoms with Crippen molar-refractivity contribution in [3.8, 4) is 23.9 Å². The first-order valence-corrected chi connectivity index (χ1v) is 26.4. The van der Waals surface area contributed by atoms with Gasteiger partial charge in [0.1, 0.15) is 35.7 Å². The van der Waals surface area contributed by atoms with Crippen LogP contribution >= 0.6 is 0 Å². The molecule has 7 atom stereocenters. The fraction of sp³-hybridized carbons (Fsp3) is 0.526. The number of aromatic hydroxyl groups is 2. The van der Waals surface area contributed by atoms with Gasteiger partial charge in [0, 0.05) is 24.2 Å². The number of aliphatic hydroxyl groups is 1. The maximum atomic E-state index is 13.7. The Morgan fingerprint density at radius 1 is 0.662 bits per heavy atom. The summed E-state index contributed by atoms with van der Waals surface area (Å²) in [5.74, 6) is -1.13. The van der Waals surface area contributed by atoms with E-state index < -0.39 is 53.5 Å². The molecular weight excluding hydrogens is 989 g/mol. The van der Waals surface area contributed by atoms with Crippen LogP contribution in [0.3, 0.4) is 0 Å². The summed E-state index contributed by atoms with van der Waals surface area (Å²) in [7, 11) is 0. The molecular formula is C57H70N8O12. The largest absolute Gasteiger partial charge is 0.494 e. The number of aliphatic hydroxyl groups excluding tert-OH is 1. The molecule has 20 nitrogen and oxygen atoms in total. The average molecular weight is 1060 g/mol. The lowest BCUT2D eigenvalue weighted by Crippen LogP contribution is -2.35. The van der Waals surface area contributed by atoms with Gasteiger partial charge in [0.05, 0.1) is 41.9 Å². The van der Waals surface area contributed by atoms with Crippen LogP contribution in [-0.4, -0.2) is 74.1 Å². The number of esters is 3. The summed E-state index contributed by atoms with van der Waals surface area (Å²) in [4.78, 5) is 67.2. The molecule has 2 aliphatic rings. The summed E-state index contributed by atoms with van der Waals surface area (Å²) in [5.41, 5.74) is -2.22. The lowest BCUT2D eigenvalue weighted by Gasteiger charge is -2.36. The first kappa shape index (κ1) is 58.7. The van der Waals surface area contributed by atoms with Crippen LogP contribution < -0.4 is 11.1 Å². The van der Waals surface area contributed by atoms with E-state index in [1.165, 1.54) is 13.8 Å². The number of benzene rings is 2. The highest BCUT2D eigenvalue weighted by atomic mass is 16.6. The second-order valence-electron chi connectivity index (χ2n) is 20.9. The molecule has 3 N–H and O–H groups in total. The van der Waals surface area contributed by atoms with Crippen molar-refractivity contribution in [3.63, 3.8) is 0 Å². The van der Waals surface area contributed by atoms with Gasteiger partial charge in [-0.1, -0.05) is 78.6 Å². The van der Waals surface area contributed by atoms with Crippen LogP contribution in [0.25, 0.3) is 0 Å². The fourth-order valence-electron chi connectivity index (χ4n) is 10.2. The Morgan fingerprint density at radius 3 is 1.49 bits per heavy atom. The Kier molecular flexibility index (Phi) is 20.6. The zero-order valence-electron chi connectivity index (χ0n) is 45.1. The maximum Gasteiger partial charge on any atom is 0.340 e. The minimum Gasteiger partial charge on any atom is -0.494 e. The van der Waals surface area contributed by atoms with Gasteiger partial charge in [0.2, 0.25) is 0 Å². The number of carbonyl (C=O) groups excluding carboxylic acids is 3. The summed E-state index contributed by atoms with van der Waals surface area (Å²) in [6, 6.07) is 16.6. The molecule has 2 heterocycles. The smallest absolute Gasteiger partial charge is 0.340 e. The van der Waals surface area contributed by atoms with Gasteiger partial charge in [-0.3, -0.25) is 23.5 Å². The Hall–Kier alpha value is -7.55. The summed E-state index contributed by atoms with van der Waals surface area (Å²) in [5, 5.41) is 69.0. The molecule has 2 saturated carbocycles. The number of hydrogen-bond donors (Lipinski definition) is 3. The van der Waals surface area contributed by atoms with E-state index >= 15 is 0 Å². The molecule has 0 spiro atoms. The normalized spacial score (nSPS) is 20.0. The highest BCUT2D eigenvalue weighted by Gasteiger charge is 2.36. The SMILES string of the molecule is Cc1c(C#N)c(N=Nc2ccccc2C(=O)OC2CC(C)CCC2C(C)C)c(=O)n(CCCOC(=O)CC(O)OCCCn2c(O)c(C)c(C#N)c(N=Nc3ccccc3C(=O)OC3CC(C)CCC3C(C)C)c2=O)c1O. The molecule has 6 rings (SSSR count). The van der Waals surface area contributed by atoms with Gasteiger partial charge in [-0.2, -0.15) is 10.5 Å². The summed E-state index contributed by atoms with van der Waals surface area (Å²) < 4.78 is 24.7. The highest BCUT2D eigenvalue weighted by Crippen LogP contribution is 2.38. The second-order valence-corrected chi connectivity index (χ2v) is 20.9. The van der Waals surface area contributed by atoms with Crippen molar-refractivity contribution in [1.29, 1.82) is 10.5 Å². The van der Waals surface area contributed by atoms with E-state index in [0.717, 1.165) is 47.7 Å². The van der Waals surface area contributed by atoms with Crippen LogP contribution in [-0.2, 0) is 36.8 Å². The lowest BCUT2D eigenvalue weighted by molar-refractivity contribution is -0.158. The molecule has 0 radical (unpaired) electrons. The second kappa shape index (κ2) is 27.0. The Morgan fingerprint density at radius 2 is 1.08 bits per heavy atom. The van der Waals surface area contributed by atoms with Gasteiger partial charge in [0.25, 0.3) is 11.1 Å². The van der Waals surface area contributed by atoms with Crippen molar-refractivity contribution in [2.24, 2.45) is 56.0 Å². The third-order valence-corrected chi connectivity index (χ3v) is 14.7. The van der Waals surface area contributed by atoms with Crippen molar-refractivity contribution in [2.45, 2.75) is 145 Å². The molecule has 77 heavy (non-hydrogen) atoms. The first-order valence-electron chi connectivity index (χ1n) is 26.4. The molecule has 2 fully saturated rings. The number of hydrogen-bond acceptors (Lipinski definition) is 18. The molecule has 410 valence electrons.